The Kier molecular flexibility index (Phi) is 5.19. The molecule has 0 fully saturated rings. The third-order valence-corrected chi connectivity index (χ3v) is 3.19. The van der Waals surface area contributed by atoms with E-state index < -0.39 is 11.8 Å². The van der Waals surface area contributed by atoms with Crippen LogP contribution in [0.3, 0.4) is 0 Å². The molecule has 2 rings (SSSR count). The normalized spacial score (nSPS) is 9.95. The van der Waals surface area contributed by atoms with Crippen LogP contribution in [0.2, 0.25) is 10.0 Å². The Labute approximate surface area is 136 Å². The molecular formula is C14H11Cl2N3O3. The van der Waals surface area contributed by atoms with Gasteiger partial charge in [0.1, 0.15) is 5.75 Å². The Morgan fingerprint density at radius 2 is 1.73 bits per heavy atom. The van der Waals surface area contributed by atoms with E-state index in [1.54, 1.807) is 0 Å². The topological polar surface area (TPSA) is 80.3 Å². The molecule has 1 aromatic heterocycles. The number of hydrogen-bond donors (Lipinski definition) is 2. The highest BCUT2D eigenvalue weighted by atomic mass is 35.5. The minimum atomic E-state index is -0.608. The molecule has 1 heterocycles. The van der Waals surface area contributed by atoms with E-state index in [1.807, 2.05) is 0 Å². The third-order valence-electron chi connectivity index (χ3n) is 2.69. The van der Waals surface area contributed by atoms with Crippen LogP contribution in [-0.2, 0) is 0 Å². The van der Waals surface area contributed by atoms with Crippen molar-refractivity contribution in [3.63, 3.8) is 0 Å². The number of nitrogens with one attached hydrogen (secondary N) is 2. The summed E-state index contributed by atoms with van der Waals surface area (Å²) in [5.74, 6) is -0.923. The first-order valence-corrected chi connectivity index (χ1v) is 6.82. The molecule has 2 amide bonds. The minimum Gasteiger partial charge on any atom is -0.494 e. The van der Waals surface area contributed by atoms with Crippen molar-refractivity contribution in [2.24, 2.45) is 0 Å². The maximum atomic E-state index is 12.1. The molecule has 22 heavy (non-hydrogen) atoms. The molecule has 0 saturated carbocycles. The number of pyridine rings is 1. The van der Waals surface area contributed by atoms with Crippen LogP contribution in [0.4, 0.5) is 0 Å². The van der Waals surface area contributed by atoms with Crippen LogP contribution >= 0.6 is 23.2 Å². The summed E-state index contributed by atoms with van der Waals surface area (Å²) in [6.45, 7) is 0. The van der Waals surface area contributed by atoms with Crippen LogP contribution in [0.25, 0.3) is 0 Å². The molecule has 0 bridgehead atoms. The first-order chi connectivity index (χ1) is 10.5. The predicted octanol–water partition coefficient (Wildman–Crippen LogP) is 2.47. The number of nitrogens with zero attached hydrogens (tertiary/aromatic N) is 1. The van der Waals surface area contributed by atoms with E-state index in [9.17, 15) is 9.59 Å². The van der Waals surface area contributed by atoms with Crippen molar-refractivity contribution in [2.75, 3.05) is 7.11 Å². The summed E-state index contributed by atoms with van der Waals surface area (Å²) in [5, 5.41) is 0.469. The fraction of sp³-hybridized carbons (Fsp3) is 0.0714. The number of benzene rings is 1. The van der Waals surface area contributed by atoms with Gasteiger partial charge in [-0.25, -0.2) is 0 Å². The van der Waals surface area contributed by atoms with E-state index in [0.29, 0.717) is 5.56 Å². The summed E-state index contributed by atoms with van der Waals surface area (Å²) >= 11 is 11.8. The van der Waals surface area contributed by atoms with Crippen molar-refractivity contribution in [3.8, 4) is 5.75 Å². The Balaban J connectivity index is 2.12. The summed E-state index contributed by atoms with van der Waals surface area (Å²) in [6.07, 6.45) is 2.94. The summed E-state index contributed by atoms with van der Waals surface area (Å²) in [4.78, 5) is 27.8. The Bertz CT molecular complexity index is 708. The van der Waals surface area contributed by atoms with E-state index >= 15 is 0 Å². The molecule has 2 aromatic rings. The van der Waals surface area contributed by atoms with Gasteiger partial charge in [0.15, 0.2) is 0 Å². The Hall–Kier alpha value is -2.31. The number of rotatable bonds is 3. The zero-order valence-electron chi connectivity index (χ0n) is 11.4. The molecule has 8 heteroatoms. The number of aromatic nitrogens is 1. The highest BCUT2D eigenvalue weighted by Gasteiger charge is 2.17. The number of hydrazine groups is 1. The van der Waals surface area contributed by atoms with Crippen LogP contribution in [0, 0.1) is 0 Å². The van der Waals surface area contributed by atoms with Gasteiger partial charge < -0.3 is 4.74 Å². The lowest BCUT2D eigenvalue weighted by Gasteiger charge is -2.12. The number of amides is 2. The lowest BCUT2D eigenvalue weighted by Crippen LogP contribution is -2.41. The zero-order chi connectivity index (χ0) is 16.1. The molecule has 1 aromatic carbocycles. The first kappa shape index (κ1) is 16.1. The number of ether oxygens (including phenoxy) is 1. The predicted molar refractivity (Wildman–Crippen MR) is 82.2 cm³/mol. The van der Waals surface area contributed by atoms with Crippen molar-refractivity contribution >= 4 is 35.0 Å². The lowest BCUT2D eigenvalue weighted by molar-refractivity contribution is 0.0845. The van der Waals surface area contributed by atoms with Gasteiger partial charge in [0.25, 0.3) is 11.8 Å². The molecule has 0 atom stereocenters. The van der Waals surface area contributed by atoms with Gasteiger partial charge in [-0.2, -0.15) is 0 Å². The molecule has 0 spiro atoms. The number of carbonyl (C=O) groups is 2. The molecule has 114 valence electrons. The van der Waals surface area contributed by atoms with Gasteiger partial charge in [-0.15, -0.1) is 0 Å². The first-order valence-electron chi connectivity index (χ1n) is 6.06. The fourth-order valence-corrected chi connectivity index (χ4v) is 2.26. The number of carbonyl (C=O) groups excluding carboxylic acids is 2. The van der Waals surface area contributed by atoms with E-state index in [-0.39, 0.29) is 21.4 Å². The Morgan fingerprint density at radius 3 is 2.36 bits per heavy atom. The quantitative estimate of drug-likeness (QED) is 0.842. The van der Waals surface area contributed by atoms with Crippen LogP contribution in [-0.4, -0.2) is 23.9 Å². The number of halogens is 2. The molecule has 0 aliphatic rings. The van der Waals surface area contributed by atoms with E-state index in [4.69, 9.17) is 27.9 Å². The van der Waals surface area contributed by atoms with Gasteiger partial charge in [0.05, 0.1) is 17.7 Å². The number of hydrogen-bond acceptors (Lipinski definition) is 4. The average Bonchev–Trinajstić information content (AvgIpc) is 2.52. The minimum absolute atomic E-state index is 0.107. The molecule has 0 aliphatic heterocycles. The van der Waals surface area contributed by atoms with Gasteiger partial charge >= 0.3 is 0 Å². The second-order valence-corrected chi connectivity index (χ2v) is 4.96. The van der Waals surface area contributed by atoms with Crippen molar-refractivity contribution < 1.29 is 14.3 Å². The second kappa shape index (κ2) is 7.11. The van der Waals surface area contributed by atoms with Crippen molar-refractivity contribution in [1.29, 1.82) is 0 Å². The molecule has 0 aliphatic carbocycles. The summed E-state index contributed by atoms with van der Waals surface area (Å²) in [5.41, 5.74) is 5.01. The summed E-state index contributed by atoms with van der Waals surface area (Å²) in [6, 6.07) is 5.87. The van der Waals surface area contributed by atoms with Crippen LogP contribution in [0.15, 0.2) is 36.7 Å². The number of methoxy groups -OCH3 is 1. The summed E-state index contributed by atoms with van der Waals surface area (Å²) < 4.78 is 5.07. The average molecular weight is 340 g/mol. The van der Waals surface area contributed by atoms with Crippen molar-refractivity contribution in [3.05, 3.63) is 57.8 Å². The third kappa shape index (κ3) is 3.66. The van der Waals surface area contributed by atoms with Crippen LogP contribution < -0.4 is 15.6 Å². The van der Waals surface area contributed by atoms with Gasteiger partial charge in [-0.05, 0) is 24.3 Å². The van der Waals surface area contributed by atoms with Crippen LogP contribution in [0.1, 0.15) is 20.7 Å². The fourth-order valence-electron chi connectivity index (χ4n) is 1.69. The van der Waals surface area contributed by atoms with Gasteiger partial charge in [-0.1, -0.05) is 23.2 Å². The monoisotopic (exact) mass is 339 g/mol. The highest BCUT2D eigenvalue weighted by molar-refractivity contribution is 6.36. The highest BCUT2D eigenvalue weighted by Crippen LogP contribution is 2.31. The maximum absolute atomic E-state index is 12.1. The molecule has 2 N–H and O–H groups in total. The molecule has 6 nitrogen and oxygen atoms in total. The maximum Gasteiger partial charge on any atom is 0.273 e. The largest absolute Gasteiger partial charge is 0.494 e. The molecule has 0 saturated heterocycles. The van der Waals surface area contributed by atoms with Crippen molar-refractivity contribution in [1.82, 2.24) is 15.8 Å². The van der Waals surface area contributed by atoms with Crippen molar-refractivity contribution in [2.45, 2.75) is 0 Å². The van der Waals surface area contributed by atoms with Gasteiger partial charge in [0, 0.05) is 23.0 Å². The van der Waals surface area contributed by atoms with Gasteiger partial charge in [-0.3, -0.25) is 25.4 Å². The summed E-state index contributed by atoms with van der Waals surface area (Å²) in [7, 11) is 1.38. The van der Waals surface area contributed by atoms with Crippen LogP contribution in [0.5, 0.6) is 5.75 Å². The molecule has 0 unspecified atom stereocenters. The second-order valence-electron chi connectivity index (χ2n) is 4.11. The lowest BCUT2D eigenvalue weighted by atomic mass is 10.2. The van der Waals surface area contributed by atoms with E-state index in [2.05, 4.69) is 15.8 Å². The van der Waals surface area contributed by atoms with E-state index in [1.165, 1.54) is 43.8 Å². The Morgan fingerprint density at radius 1 is 1.09 bits per heavy atom. The standard InChI is InChI=1S/C14H11Cl2N3O3/c1-22-12-10(6-9(15)7-11(12)16)14(21)19-18-13(20)8-2-4-17-5-3-8/h2-7H,1H3,(H,18,20)(H,19,21). The smallest absolute Gasteiger partial charge is 0.273 e. The SMILES string of the molecule is COc1c(Cl)cc(Cl)cc1C(=O)NNC(=O)c1ccncc1. The molecule has 0 radical (unpaired) electrons. The molecular weight excluding hydrogens is 329 g/mol. The van der Waals surface area contributed by atoms with E-state index in [0.717, 1.165) is 0 Å². The zero-order valence-corrected chi connectivity index (χ0v) is 12.9. The van der Waals surface area contributed by atoms with Gasteiger partial charge in [0.2, 0.25) is 0 Å².